The number of nitrogens with zero attached hydrogens (tertiary/aromatic N) is 1. The number of nitrogens with one attached hydrogen (secondary N) is 1. The fourth-order valence-corrected chi connectivity index (χ4v) is 3.23. The molecule has 0 aliphatic heterocycles. The number of fused-ring (bicyclic) bond motifs is 1. The lowest BCUT2D eigenvalue weighted by molar-refractivity contribution is 0.0955. The van der Waals surface area contributed by atoms with E-state index in [-0.39, 0.29) is 5.91 Å². The van der Waals surface area contributed by atoms with Gasteiger partial charge in [-0.25, -0.2) is 5.43 Å². The van der Waals surface area contributed by atoms with Crippen LogP contribution in [0.4, 0.5) is 0 Å². The lowest BCUT2D eigenvalue weighted by Gasteiger charge is -2.08. The lowest BCUT2D eigenvalue weighted by atomic mass is 10.0. The van der Waals surface area contributed by atoms with E-state index in [2.05, 4.69) is 17.5 Å². The molecule has 0 saturated heterocycles. The molecule has 5 heteroatoms. The predicted octanol–water partition coefficient (Wildman–Crippen LogP) is 5.57. The molecule has 0 spiro atoms. The van der Waals surface area contributed by atoms with Crippen molar-refractivity contribution in [2.75, 3.05) is 13.7 Å². The summed E-state index contributed by atoms with van der Waals surface area (Å²) in [5.41, 5.74) is 3.93. The third-order valence-electron chi connectivity index (χ3n) is 4.89. The highest BCUT2D eigenvalue weighted by molar-refractivity contribution is 6.03. The molecule has 0 aromatic heterocycles. The number of hydrazone groups is 1. The van der Waals surface area contributed by atoms with E-state index in [1.165, 1.54) is 19.3 Å². The first-order valence-corrected chi connectivity index (χ1v) is 10.3. The Balaban J connectivity index is 1.60. The molecule has 3 aromatic carbocycles. The van der Waals surface area contributed by atoms with Gasteiger partial charge in [0.05, 0.1) is 19.9 Å². The van der Waals surface area contributed by atoms with E-state index in [9.17, 15) is 4.79 Å². The van der Waals surface area contributed by atoms with Crippen LogP contribution in [0.3, 0.4) is 0 Å². The first-order valence-electron chi connectivity index (χ1n) is 10.3. The summed E-state index contributed by atoms with van der Waals surface area (Å²) in [6, 6.07) is 19.0. The largest absolute Gasteiger partial charge is 0.496 e. The Morgan fingerprint density at radius 3 is 2.57 bits per heavy atom. The zero-order valence-electron chi connectivity index (χ0n) is 17.6. The second kappa shape index (κ2) is 11.0. The minimum absolute atomic E-state index is 0.278. The minimum atomic E-state index is -0.278. The number of rotatable bonds is 10. The van der Waals surface area contributed by atoms with E-state index in [4.69, 9.17) is 9.47 Å². The van der Waals surface area contributed by atoms with Gasteiger partial charge in [0.25, 0.3) is 5.91 Å². The fourth-order valence-electron chi connectivity index (χ4n) is 3.23. The first kappa shape index (κ1) is 21.4. The second-order valence-corrected chi connectivity index (χ2v) is 7.04. The summed E-state index contributed by atoms with van der Waals surface area (Å²) in [7, 11) is 1.62. The van der Waals surface area contributed by atoms with Crippen molar-refractivity contribution in [1.82, 2.24) is 5.43 Å². The number of ether oxygens (including phenoxy) is 2. The van der Waals surface area contributed by atoms with E-state index in [0.717, 1.165) is 28.5 Å². The number of methoxy groups -OCH3 is 1. The molecule has 3 aromatic rings. The van der Waals surface area contributed by atoms with Crippen molar-refractivity contribution in [3.8, 4) is 11.5 Å². The van der Waals surface area contributed by atoms with Crippen LogP contribution < -0.4 is 14.9 Å². The molecule has 0 radical (unpaired) electrons. The number of hydrogen-bond donors (Lipinski definition) is 1. The maximum Gasteiger partial charge on any atom is 0.271 e. The monoisotopic (exact) mass is 404 g/mol. The van der Waals surface area contributed by atoms with Gasteiger partial charge in [0.15, 0.2) is 0 Å². The normalized spacial score (nSPS) is 11.0. The molecule has 0 bridgehead atoms. The van der Waals surface area contributed by atoms with Gasteiger partial charge in [-0.05, 0) is 47.5 Å². The topological polar surface area (TPSA) is 59.9 Å². The van der Waals surface area contributed by atoms with Crippen LogP contribution >= 0.6 is 0 Å². The number of benzene rings is 3. The Hall–Kier alpha value is -3.34. The molecule has 156 valence electrons. The van der Waals surface area contributed by atoms with Gasteiger partial charge in [-0.1, -0.05) is 56.5 Å². The van der Waals surface area contributed by atoms with Gasteiger partial charge in [0.2, 0.25) is 0 Å². The number of carbonyl (C=O) groups is 1. The van der Waals surface area contributed by atoms with Crippen LogP contribution in [0.25, 0.3) is 10.8 Å². The Morgan fingerprint density at radius 2 is 1.80 bits per heavy atom. The van der Waals surface area contributed by atoms with Gasteiger partial charge in [-0.15, -0.1) is 0 Å². The van der Waals surface area contributed by atoms with Crippen LogP contribution in [-0.4, -0.2) is 25.8 Å². The quantitative estimate of drug-likeness (QED) is 0.273. The number of amides is 1. The predicted molar refractivity (Wildman–Crippen MR) is 122 cm³/mol. The fraction of sp³-hybridized carbons (Fsp3) is 0.280. The highest BCUT2D eigenvalue weighted by Crippen LogP contribution is 2.26. The van der Waals surface area contributed by atoms with Crippen LogP contribution in [0.5, 0.6) is 11.5 Å². The van der Waals surface area contributed by atoms with Crippen molar-refractivity contribution >= 4 is 22.9 Å². The van der Waals surface area contributed by atoms with Crippen LogP contribution in [0, 0.1) is 0 Å². The van der Waals surface area contributed by atoms with Crippen molar-refractivity contribution in [2.45, 2.75) is 32.6 Å². The molecule has 5 nitrogen and oxygen atoms in total. The molecule has 0 heterocycles. The average molecular weight is 405 g/mol. The molecule has 0 aliphatic carbocycles. The summed E-state index contributed by atoms with van der Waals surface area (Å²) in [6.07, 6.45) is 6.28. The van der Waals surface area contributed by atoms with Crippen molar-refractivity contribution in [3.05, 3.63) is 71.8 Å². The molecule has 30 heavy (non-hydrogen) atoms. The minimum Gasteiger partial charge on any atom is -0.496 e. The summed E-state index contributed by atoms with van der Waals surface area (Å²) < 4.78 is 11.2. The molecule has 0 unspecified atom stereocenters. The number of carbonyl (C=O) groups excluding carboxylic acids is 1. The summed E-state index contributed by atoms with van der Waals surface area (Å²) in [6.45, 7) is 2.88. The molecule has 0 atom stereocenters. The maximum absolute atomic E-state index is 12.4. The third-order valence-corrected chi connectivity index (χ3v) is 4.89. The lowest BCUT2D eigenvalue weighted by Crippen LogP contribution is -2.17. The van der Waals surface area contributed by atoms with E-state index >= 15 is 0 Å². The average Bonchev–Trinajstić information content (AvgIpc) is 2.79. The van der Waals surface area contributed by atoms with Crippen molar-refractivity contribution < 1.29 is 14.3 Å². The van der Waals surface area contributed by atoms with E-state index in [1.807, 2.05) is 48.5 Å². The summed E-state index contributed by atoms with van der Waals surface area (Å²) in [5.74, 6) is 1.19. The van der Waals surface area contributed by atoms with Gasteiger partial charge >= 0.3 is 0 Å². The number of hydrogen-bond acceptors (Lipinski definition) is 4. The maximum atomic E-state index is 12.4. The molecule has 3 rings (SSSR count). The van der Waals surface area contributed by atoms with Crippen LogP contribution in [0.1, 0.15) is 48.5 Å². The molecule has 0 aliphatic rings. The molecule has 1 N–H and O–H groups in total. The van der Waals surface area contributed by atoms with E-state index in [1.54, 1.807) is 25.5 Å². The molecule has 1 amide bonds. The highest BCUT2D eigenvalue weighted by atomic mass is 16.5. The zero-order chi connectivity index (χ0) is 21.2. The van der Waals surface area contributed by atoms with Gasteiger partial charge < -0.3 is 9.47 Å². The van der Waals surface area contributed by atoms with Crippen LogP contribution in [-0.2, 0) is 0 Å². The van der Waals surface area contributed by atoms with Gasteiger partial charge in [0.1, 0.15) is 11.5 Å². The Bertz CT molecular complexity index is 997. The standard InChI is InChI=1S/C25H28N2O3/c1-3-4-5-8-17-30-21-14-11-20(12-15-21)25(28)27-26-18-23-22-10-7-6-9-19(22)13-16-24(23)29-2/h6-7,9-16,18H,3-5,8,17H2,1-2H3,(H,27,28)/b26-18+. The van der Waals surface area contributed by atoms with Crippen molar-refractivity contribution in [1.29, 1.82) is 0 Å². The van der Waals surface area contributed by atoms with Gasteiger partial charge in [-0.2, -0.15) is 5.10 Å². The van der Waals surface area contributed by atoms with Crippen LogP contribution in [0.2, 0.25) is 0 Å². The summed E-state index contributed by atoms with van der Waals surface area (Å²) in [4.78, 5) is 12.4. The molecule has 0 fully saturated rings. The van der Waals surface area contributed by atoms with Gasteiger partial charge in [-0.3, -0.25) is 4.79 Å². The smallest absolute Gasteiger partial charge is 0.271 e. The second-order valence-electron chi connectivity index (χ2n) is 7.04. The van der Waals surface area contributed by atoms with E-state index < -0.39 is 0 Å². The molecular weight excluding hydrogens is 376 g/mol. The first-order chi connectivity index (χ1) is 14.7. The Morgan fingerprint density at radius 1 is 1.00 bits per heavy atom. The highest BCUT2D eigenvalue weighted by Gasteiger charge is 2.07. The summed E-state index contributed by atoms with van der Waals surface area (Å²) in [5, 5.41) is 6.23. The van der Waals surface area contributed by atoms with Crippen molar-refractivity contribution in [3.63, 3.8) is 0 Å². The molecular formula is C25H28N2O3. The summed E-state index contributed by atoms with van der Waals surface area (Å²) >= 11 is 0. The van der Waals surface area contributed by atoms with Crippen LogP contribution in [0.15, 0.2) is 65.8 Å². The Labute approximate surface area is 177 Å². The van der Waals surface area contributed by atoms with Gasteiger partial charge in [0, 0.05) is 11.1 Å². The SMILES string of the molecule is CCCCCCOc1ccc(C(=O)N/N=C/c2c(OC)ccc3ccccc23)cc1. The number of unbranched alkanes of at least 4 members (excludes halogenated alkanes) is 3. The van der Waals surface area contributed by atoms with E-state index in [0.29, 0.717) is 17.9 Å². The van der Waals surface area contributed by atoms with Crippen molar-refractivity contribution in [2.24, 2.45) is 5.10 Å². The Kier molecular flexibility index (Phi) is 7.84. The third kappa shape index (κ3) is 5.60. The zero-order valence-corrected chi connectivity index (χ0v) is 17.6. The molecule has 0 saturated carbocycles.